The molecule has 1 heterocycles. The number of allylic oxidation sites excluding steroid dienone is 1. The van der Waals surface area contributed by atoms with Crippen molar-refractivity contribution in [1.29, 1.82) is 0 Å². The zero-order valence-corrected chi connectivity index (χ0v) is 16.9. The molecule has 0 radical (unpaired) electrons. The van der Waals surface area contributed by atoms with Crippen LogP contribution in [-0.2, 0) is 21.8 Å². The van der Waals surface area contributed by atoms with Gasteiger partial charge in [0.05, 0.1) is 4.90 Å². The van der Waals surface area contributed by atoms with Gasteiger partial charge in [-0.05, 0) is 60.2 Å². The van der Waals surface area contributed by atoms with Crippen LogP contribution in [-0.4, -0.2) is 41.8 Å². The Bertz CT molecular complexity index is 858. The first-order chi connectivity index (χ1) is 13.7. The molecule has 0 spiro atoms. The van der Waals surface area contributed by atoms with Gasteiger partial charge in [0, 0.05) is 38.4 Å². The molecule has 5 nitrogen and oxygen atoms in total. The smallest absolute Gasteiger partial charge is 0.206 e. The molecule has 2 aromatic carbocycles. The van der Waals surface area contributed by atoms with Crippen LogP contribution < -0.4 is 10.8 Å². The normalized spacial score (nSPS) is 18.5. The summed E-state index contributed by atoms with van der Waals surface area (Å²) in [6.45, 7) is 5.25. The van der Waals surface area contributed by atoms with E-state index in [2.05, 4.69) is 44.4 Å². The number of aryl methyl sites for hydroxylation is 1. The van der Waals surface area contributed by atoms with Crippen LogP contribution in [0, 0.1) is 0 Å². The van der Waals surface area contributed by atoms with Gasteiger partial charge < -0.3 is 4.90 Å². The number of hydrogen-bond acceptors (Lipinski definition) is 5. The Morgan fingerprint density at radius 2 is 1.75 bits per heavy atom. The molecule has 2 aliphatic rings. The Balaban J connectivity index is 1.29. The molecule has 0 aromatic heterocycles. The number of piperazine rings is 1. The van der Waals surface area contributed by atoms with Gasteiger partial charge in [-0.2, -0.15) is 10.2 Å². The zero-order valence-electron chi connectivity index (χ0n) is 16.0. The molecule has 28 heavy (non-hydrogen) atoms. The molecule has 1 unspecified atom stereocenters. The minimum Gasteiger partial charge on any atom is -0.369 e. The predicted octanol–water partition coefficient (Wildman–Crippen LogP) is 3.14. The van der Waals surface area contributed by atoms with E-state index in [1.54, 1.807) is 0 Å². The average molecular weight is 398 g/mol. The Morgan fingerprint density at radius 1 is 1.00 bits per heavy atom. The number of hydrogen-bond donors (Lipinski definition) is 1. The average Bonchev–Trinajstić information content (AvgIpc) is 2.77. The number of rotatable bonds is 6. The molecule has 1 fully saturated rings. The second-order valence-electron chi connectivity index (χ2n) is 7.33. The molecule has 1 aliphatic heterocycles. The van der Waals surface area contributed by atoms with E-state index in [1.807, 2.05) is 24.3 Å². The first-order valence-corrected chi connectivity index (χ1v) is 11.0. The minimum atomic E-state index is -1.58. The van der Waals surface area contributed by atoms with Gasteiger partial charge in [0.2, 0.25) is 11.1 Å². The fourth-order valence-electron chi connectivity index (χ4n) is 4.13. The van der Waals surface area contributed by atoms with Crippen LogP contribution in [0.2, 0.25) is 0 Å². The van der Waals surface area contributed by atoms with Crippen molar-refractivity contribution in [2.45, 2.75) is 24.2 Å². The standard InChI is InChI=1S/C22H27N3O2S/c23-27-28(26)21-10-8-20(9-11-21)25-16-14-24(15-17-25)13-12-19-6-3-5-18-4-1-2-7-22(18)19/h1-2,4,6-11H,3,5,12-17,23H2. The largest absolute Gasteiger partial charge is 0.369 e. The van der Waals surface area contributed by atoms with Crippen LogP contribution in [0.5, 0.6) is 0 Å². The first-order valence-electron chi connectivity index (χ1n) is 9.88. The van der Waals surface area contributed by atoms with E-state index in [0.717, 1.165) is 51.3 Å². The van der Waals surface area contributed by atoms with Crippen LogP contribution in [0.1, 0.15) is 24.0 Å². The van der Waals surface area contributed by atoms with Crippen molar-refractivity contribution in [2.75, 3.05) is 37.6 Å². The molecule has 2 aromatic rings. The topological polar surface area (TPSA) is 58.8 Å². The van der Waals surface area contributed by atoms with Crippen molar-refractivity contribution in [3.8, 4) is 0 Å². The molecular weight excluding hydrogens is 370 g/mol. The molecule has 148 valence electrons. The maximum absolute atomic E-state index is 11.6. The van der Waals surface area contributed by atoms with E-state index in [0.29, 0.717) is 4.90 Å². The first kappa shape index (κ1) is 19.3. The second kappa shape index (κ2) is 9.01. The van der Waals surface area contributed by atoms with E-state index in [9.17, 15) is 4.21 Å². The molecular formula is C22H27N3O2S. The van der Waals surface area contributed by atoms with Gasteiger partial charge in [0.25, 0.3) is 0 Å². The molecule has 1 saturated heterocycles. The predicted molar refractivity (Wildman–Crippen MR) is 114 cm³/mol. The molecule has 6 heteroatoms. The van der Waals surface area contributed by atoms with E-state index in [-0.39, 0.29) is 0 Å². The summed E-state index contributed by atoms with van der Waals surface area (Å²) in [6, 6.07) is 16.4. The van der Waals surface area contributed by atoms with Crippen LogP contribution in [0.25, 0.3) is 5.57 Å². The highest BCUT2D eigenvalue weighted by molar-refractivity contribution is 7.80. The highest BCUT2D eigenvalue weighted by Gasteiger charge is 2.19. The molecule has 4 rings (SSSR count). The number of anilines is 1. The SMILES string of the molecule is NOS(=O)c1ccc(N2CCN(CCC3=CCCc4ccccc43)CC2)cc1. The third-order valence-electron chi connectivity index (χ3n) is 5.72. The van der Waals surface area contributed by atoms with Gasteiger partial charge in [0.15, 0.2) is 0 Å². The summed E-state index contributed by atoms with van der Waals surface area (Å²) in [5.41, 5.74) is 5.61. The van der Waals surface area contributed by atoms with Gasteiger partial charge in [0.1, 0.15) is 0 Å². The van der Waals surface area contributed by atoms with Crippen molar-refractivity contribution >= 4 is 22.3 Å². The van der Waals surface area contributed by atoms with E-state index < -0.39 is 11.1 Å². The lowest BCUT2D eigenvalue weighted by molar-refractivity contribution is 0.264. The molecule has 0 amide bonds. The summed E-state index contributed by atoms with van der Waals surface area (Å²) in [5.74, 6) is 4.99. The van der Waals surface area contributed by atoms with E-state index in [1.165, 1.54) is 23.1 Å². The van der Waals surface area contributed by atoms with Crippen molar-refractivity contribution in [3.63, 3.8) is 0 Å². The molecule has 1 atom stereocenters. The quantitative estimate of drug-likeness (QED) is 0.759. The van der Waals surface area contributed by atoms with Crippen molar-refractivity contribution < 1.29 is 8.49 Å². The monoisotopic (exact) mass is 397 g/mol. The van der Waals surface area contributed by atoms with Crippen LogP contribution in [0.4, 0.5) is 5.69 Å². The van der Waals surface area contributed by atoms with Crippen molar-refractivity contribution in [1.82, 2.24) is 4.90 Å². The third-order valence-corrected chi connectivity index (χ3v) is 6.55. The highest BCUT2D eigenvalue weighted by atomic mass is 32.2. The number of fused-ring (bicyclic) bond motifs is 1. The summed E-state index contributed by atoms with van der Waals surface area (Å²) in [5, 5.41) is 0. The maximum atomic E-state index is 11.6. The lowest BCUT2D eigenvalue weighted by atomic mass is 9.89. The van der Waals surface area contributed by atoms with Crippen molar-refractivity contribution in [3.05, 3.63) is 65.7 Å². The number of nitrogens with two attached hydrogens (primary N) is 1. The molecule has 0 bridgehead atoms. The fourth-order valence-corrected chi connectivity index (χ4v) is 4.60. The van der Waals surface area contributed by atoms with Gasteiger partial charge in [-0.3, -0.25) is 4.90 Å². The molecule has 2 N–H and O–H groups in total. The third kappa shape index (κ3) is 4.36. The fraction of sp³-hybridized carbons (Fsp3) is 0.364. The van der Waals surface area contributed by atoms with Crippen LogP contribution in [0.15, 0.2) is 59.5 Å². The summed E-state index contributed by atoms with van der Waals surface area (Å²) >= 11 is -1.58. The Hall–Kier alpha value is -1.99. The highest BCUT2D eigenvalue weighted by Crippen LogP contribution is 2.29. The van der Waals surface area contributed by atoms with Crippen LogP contribution >= 0.6 is 0 Å². The van der Waals surface area contributed by atoms with E-state index in [4.69, 9.17) is 5.90 Å². The zero-order chi connectivity index (χ0) is 19.3. The molecule has 0 saturated carbocycles. The van der Waals surface area contributed by atoms with Crippen LogP contribution in [0.3, 0.4) is 0 Å². The summed E-state index contributed by atoms with van der Waals surface area (Å²) in [7, 11) is 0. The Labute approximate surface area is 169 Å². The lowest BCUT2D eigenvalue weighted by Crippen LogP contribution is -2.46. The minimum absolute atomic E-state index is 0.589. The van der Waals surface area contributed by atoms with Gasteiger partial charge in [-0.25, -0.2) is 4.21 Å². The van der Waals surface area contributed by atoms with Crippen molar-refractivity contribution in [2.24, 2.45) is 5.90 Å². The van der Waals surface area contributed by atoms with E-state index >= 15 is 0 Å². The summed E-state index contributed by atoms with van der Waals surface area (Å²) in [6.07, 6.45) is 5.88. The molecule has 1 aliphatic carbocycles. The number of benzene rings is 2. The second-order valence-corrected chi connectivity index (χ2v) is 8.46. The van der Waals surface area contributed by atoms with Gasteiger partial charge in [-0.15, -0.1) is 0 Å². The summed E-state index contributed by atoms with van der Waals surface area (Å²) in [4.78, 5) is 5.52. The Morgan fingerprint density at radius 3 is 2.50 bits per heavy atom. The lowest BCUT2D eigenvalue weighted by Gasteiger charge is -2.36. The summed E-state index contributed by atoms with van der Waals surface area (Å²) < 4.78 is 15.9. The Kier molecular flexibility index (Phi) is 6.22. The van der Waals surface area contributed by atoms with Gasteiger partial charge in [-0.1, -0.05) is 30.3 Å². The number of nitrogens with zero attached hydrogens (tertiary/aromatic N) is 2. The maximum Gasteiger partial charge on any atom is 0.206 e. The van der Waals surface area contributed by atoms with Gasteiger partial charge >= 0.3 is 0 Å².